The number of hydrogen-bond acceptors (Lipinski definition) is 11. The van der Waals surface area contributed by atoms with E-state index < -0.39 is 25.3 Å². The quantitative estimate of drug-likeness (QED) is 0.0768. The van der Waals surface area contributed by atoms with E-state index >= 15 is 8.78 Å². The molecular weight excluding hydrogens is 849 g/mol. The molecule has 12 nitrogen and oxygen atoms in total. The zero-order chi connectivity index (χ0) is 46.8. The van der Waals surface area contributed by atoms with Crippen molar-refractivity contribution in [3.8, 4) is 40.4 Å². The van der Waals surface area contributed by atoms with Gasteiger partial charge in [0, 0.05) is 55.8 Å². The lowest BCUT2D eigenvalue weighted by Gasteiger charge is -2.46. The minimum Gasteiger partial charge on any atom is -0.480 e. The molecule has 4 heterocycles. The maximum atomic E-state index is 18.0. The summed E-state index contributed by atoms with van der Waals surface area (Å²) in [6, 6.07) is 6.36. The molecule has 2 aliphatic heterocycles. The fourth-order valence-corrected chi connectivity index (χ4v) is 16.1. The number of benzene rings is 2. The SMILES string of the molecule is COCOc1cc(-c2nc(OC)c3c(N4CCCOCC4)nc(OC[C@]45CCC[C@H]4N(C(=O)OC(C)(C)C)CCC5)nc3c2F)c2c(C#C[Si](C(C)C)(C(C)C)C(C)C)c(F)ccc2c1. The van der Waals surface area contributed by atoms with Crippen LogP contribution in [0.4, 0.5) is 19.4 Å². The number of rotatable bonds is 12. The van der Waals surface area contributed by atoms with Crippen LogP contribution in [-0.2, 0) is 14.2 Å². The Bertz CT molecular complexity index is 2420. The highest BCUT2D eigenvalue weighted by molar-refractivity contribution is 6.90. The number of halogens is 2. The summed E-state index contributed by atoms with van der Waals surface area (Å²) in [4.78, 5) is 32.1. The van der Waals surface area contributed by atoms with Gasteiger partial charge in [0.25, 0.3) is 0 Å². The maximum absolute atomic E-state index is 18.0. The lowest BCUT2D eigenvalue weighted by molar-refractivity contribution is -0.0282. The van der Waals surface area contributed by atoms with Crippen LogP contribution in [0.1, 0.15) is 106 Å². The van der Waals surface area contributed by atoms with Crippen molar-refractivity contribution in [1.29, 1.82) is 0 Å². The van der Waals surface area contributed by atoms with E-state index in [0.29, 0.717) is 78.2 Å². The number of ether oxygens (including phenoxy) is 6. The van der Waals surface area contributed by atoms with E-state index in [1.54, 1.807) is 18.2 Å². The van der Waals surface area contributed by atoms with Crippen molar-refractivity contribution in [1.82, 2.24) is 19.9 Å². The second-order valence-electron chi connectivity index (χ2n) is 19.8. The first-order chi connectivity index (χ1) is 30.9. The minimum atomic E-state index is -2.34. The third kappa shape index (κ3) is 9.58. The summed E-state index contributed by atoms with van der Waals surface area (Å²) < 4.78 is 70.0. The van der Waals surface area contributed by atoms with E-state index in [1.807, 2.05) is 30.6 Å². The highest BCUT2D eigenvalue weighted by Gasteiger charge is 2.51. The highest BCUT2D eigenvalue weighted by atomic mass is 28.3. The van der Waals surface area contributed by atoms with Crippen molar-refractivity contribution in [2.45, 2.75) is 129 Å². The van der Waals surface area contributed by atoms with Gasteiger partial charge in [-0.25, -0.2) is 18.6 Å². The first-order valence-corrected chi connectivity index (χ1v) is 25.5. The molecule has 0 unspecified atom stereocenters. The van der Waals surface area contributed by atoms with Crippen LogP contribution >= 0.6 is 0 Å². The van der Waals surface area contributed by atoms with Gasteiger partial charge in [0.15, 0.2) is 12.6 Å². The fraction of sp³-hybridized carbons (Fsp3) is 0.600. The van der Waals surface area contributed by atoms with Gasteiger partial charge >= 0.3 is 12.1 Å². The van der Waals surface area contributed by atoms with Crippen LogP contribution in [0.15, 0.2) is 24.3 Å². The van der Waals surface area contributed by atoms with Crippen LogP contribution in [0.5, 0.6) is 17.6 Å². The summed E-state index contributed by atoms with van der Waals surface area (Å²) >= 11 is 0. The molecule has 2 aromatic carbocycles. The Kier molecular flexibility index (Phi) is 14.5. The number of piperidine rings is 1. The number of nitrogens with zero attached hydrogens (tertiary/aromatic N) is 5. The van der Waals surface area contributed by atoms with Gasteiger partial charge in [-0.3, -0.25) is 0 Å². The third-order valence-electron chi connectivity index (χ3n) is 13.8. The van der Waals surface area contributed by atoms with Gasteiger partial charge in [-0.1, -0.05) is 60.0 Å². The summed E-state index contributed by atoms with van der Waals surface area (Å²) in [5.74, 6) is 2.91. The molecule has 0 radical (unpaired) electrons. The summed E-state index contributed by atoms with van der Waals surface area (Å²) in [6.07, 6.45) is 4.63. The zero-order valence-corrected chi connectivity index (χ0v) is 41.2. The first-order valence-electron chi connectivity index (χ1n) is 23.3. The lowest BCUT2D eigenvalue weighted by atomic mass is 9.75. The van der Waals surface area contributed by atoms with Crippen molar-refractivity contribution in [3.05, 3.63) is 41.5 Å². The van der Waals surface area contributed by atoms with Gasteiger partial charge in [0.05, 0.1) is 25.9 Å². The largest absolute Gasteiger partial charge is 0.480 e. The normalized spacial score (nSPS) is 19.4. The van der Waals surface area contributed by atoms with Crippen molar-refractivity contribution >= 4 is 41.7 Å². The van der Waals surface area contributed by atoms with E-state index in [9.17, 15) is 4.79 Å². The van der Waals surface area contributed by atoms with Gasteiger partial charge < -0.3 is 38.2 Å². The molecule has 1 amide bonds. The number of fused-ring (bicyclic) bond motifs is 3. The Hall–Kier alpha value is -4.78. The molecule has 4 aromatic rings. The molecule has 65 heavy (non-hydrogen) atoms. The van der Waals surface area contributed by atoms with Crippen LogP contribution in [-0.4, -0.2) is 106 Å². The fourth-order valence-electron chi connectivity index (χ4n) is 10.9. The Morgan fingerprint density at radius 1 is 0.923 bits per heavy atom. The van der Waals surface area contributed by atoms with E-state index in [2.05, 4.69) is 53.0 Å². The minimum absolute atomic E-state index is 0.0119. The molecule has 1 aliphatic carbocycles. The molecule has 2 aromatic heterocycles. The van der Waals surface area contributed by atoms with Crippen LogP contribution in [0.3, 0.4) is 0 Å². The molecule has 3 aliphatic rings. The van der Waals surface area contributed by atoms with Crippen LogP contribution in [0, 0.1) is 28.5 Å². The molecule has 1 saturated carbocycles. The molecule has 2 atom stereocenters. The zero-order valence-electron chi connectivity index (χ0n) is 40.2. The highest BCUT2D eigenvalue weighted by Crippen LogP contribution is 2.49. The van der Waals surface area contributed by atoms with E-state index in [4.69, 9.17) is 43.4 Å². The maximum Gasteiger partial charge on any atom is 0.410 e. The van der Waals surface area contributed by atoms with Gasteiger partial charge in [0.1, 0.15) is 47.7 Å². The first kappa shape index (κ1) is 48.2. The Labute approximate surface area is 384 Å². The summed E-state index contributed by atoms with van der Waals surface area (Å²) in [5, 5.41) is 1.25. The number of pyridine rings is 1. The molecule has 0 bridgehead atoms. The van der Waals surface area contributed by atoms with Crippen LogP contribution in [0.25, 0.3) is 32.9 Å². The smallest absolute Gasteiger partial charge is 0.410 e. The molecule has 7 rings (SSSR count). The van der Waals surface area contributed by atoms with Gasteiger partial charge in [-0.05, 0) is 93.1 Å². The number of carbonyl (C=O) groups excluding carboxylic acids is 1. The Morgan fingerprint density at radius 2 is 1.66 bits per heavy atom. The standard InChI is InChI=1S/C50H67F2N5O7Si/c1-31(2)65(32(3)4,33(5)6)26-18-36-38(51)17-16-34-27-35(63-30-59-10)28-37(40(34)36)43-42(52)44-41(46(53-43)60-11)45(56-21-14-24-61-25-23-56)55-47(54-44)62-29-50-19-12-15-39(50)57(22-13-20-50)48(58)64-49(7,8)9/h16-17,27-28,31-33,39H,12-15,19-25,29-30H2,1-11H3/t39-,50-/m1/s1. The molecule has 0 spiro atoms. The topological polar surface area (TPSA) is 118 Å². The number of amides is 1. The summed E-state index contributed by atoms with van der Waals surface area (Å²) in [6.45, 7) is 21.7. The number of hydrogen-bond donors (Lipinski definition) is 0. The lowest BCUT2D eigenvalue weighted by Crippen LogP contribution is -2.55. The van der Waals surface area contributed by atoms with Crippen molar-refractivity contribution in [2.24, 2.45) is 5.41 Å². The third-order valence-corrected chi connectivity index (χ3v) is 20.1. The van der Waals surface area contributed by atoms with E-state index in [1.165, 1.54) is 20.3 Å². The molecule has 0 N–H and O–H groups in total. The van der Waals surface area contributed by atoms with Crippen molar-refractivity contribution < 1.29 is 42.0 Å². The molecule has 2 saturated heterocycles. The predicted molar refractivity (Wildman–Crippen MR) is 253 cm³/mol. The second-order valence-corrected chi connectivity index (χ2v) is 25.4. The second kappa shape index (κ2) is 19.6. The number of anilines is 1. The summed E-state index contributed by atoms with van der Waals surface area (Å²) in [5.41, 5.74) is 3.80. The number of likely N-dealkylation sites (tertiary alicyclic amines) is 1. The monoisotopic (exact) mass is 915 g/mol. The van der Waals surface area contributed by atoms with Gasteiger partial charge in [0.2, 0.25) is 5.88 Å². The van der Waals surface area contributed by atoms with Crippen LogP contribution < -0.4 is 19.1 Å². The summed E-state index contributed by atoms with van der Waals surface area (Å²) in [7, 11) is 0.651. The average molecular weight is 916 g/mol. The number of methoxy groups -OCH3 is 2. The average Bonchev–Trinajstić information content (AvgIpc) is 3.50. The molecule has 3 fully saturated rings. The van der Waals surface area contributed by atoms with Crippen molar-refractivity contribution in [2.75, 3.05) is 65.4 Å². The number of aromatic nitrogens is 3. The molecule has 352 valence electrons. The van der Waals surface area contributed by atoms with Gasteiger partial charge in [-0.15, -0.1) is 5.54 Å². The Morgan fingerprint density at radius 3 is 2.35 bits per heavy atom. The molecular formula is C50H67F2N5O7Si. The number of carbonyl (C=O) groups is 1. The van der Waals surface area contributed by atoms with Crippen LogP contribution in [0.2, 0.25) is 16.6 Å². The van der Waals surface area contributed by atoms with Gasteiger partial charge in [-0.2, -0.15) is 9.97 Å². The van der Waals surface area contributed by atoms with E-state index in [0.717, 1.165) is 32.1 Å². The predicted octanol–water partition coefficient (Wildman–Crippen LogP) is 10.9. The van der Waals surface area contributed by atoms with E-state index in [-0.39, 0.29) is 70.6 Å². The molecule has 15 heteroatoms. The van der Waals surface area contributed by atoms with Crippen molar-refractivity contribution in [3.63, 3.8) is 0 Å². The Balaban J connectivity index is 1.43.